The highest BCUT2D eigenvalue weighted by molar-refractivity contribution is 6.00. The van der Waals surface area contributed by atoms with Gasteiger partial charge < -0.3 is 4.74 Å². The van der Waals surface area contributed by atoms with Crippen LogP contribution in [0.25, 0.3) is 0 Å². The van der Waals surface area contributed by atoms with Crippen LogP contribution in [0.2, 0.25) is 0 Å². The molecule has 1 unspecified atom stereocenters. The van der Waals surface area contributed by atoms with E-state index in [-0.39, 0.29) is 17.3 Å². The first-order chi connectivity index (χ1) is 8.35. The molecule has 100 valence electrons. The molecule has 18 heavy (non-hydrogen) atoms. The summed E-state index contributed by atoms with van der Waals surface area (Å²) in [7, 11) is 0. The second kappa shape index (κ2) is 5.89. The lowest BCUT2D eigenvalue weighted by molar-refractivity contribution is -0.274. The predicted octanol–water partition coefficient (Wildman–Crippen LogP) is 4.20. The van der Waals surface area contributed by atoms with Gasteiger partial charge in [0.2, 0.25) is 0 Å². The molecular weight excluding hydrogens is 245 g/mol. The number of carbonyl (C=O) groups is 1. The molecule has 0 aliphatic heterocycles. The van der Waals surface area contributed by atoms with Crippen molar-refractivity contribution in [1.82, 2.24) is 0 Å². The van der Waals surface area contributed by atoms with Crippen LogP contribution in [0.4, 0.5) is 13.2 Å². The van der Waals surface area contributed by atoms with Gasteiger partial charge >= 0.3 is 6.36 Å². The van der Waals surface area contributed by atoms with Crippen molar-refractivity contribution in [2.75, 3.05) is 0 Å². The number of ether oxygens (including phenoxy) is 1. The molecule has 0 heterocycles. The van der Waals surface area contributed by atoms with Gasteiger partial charge in [0, 0.05) is 5.92 Å². The molecule has 0 bridgehead atoms. The van der Waals surface area contributed by atoms with Gasteiger partial charge in [0.05, 0.1) is 5.56 Å². The first-order valence-corrected chi connectivity index (χ1v) is 5.74. The van der Waals surface area contributed by atoms with Gasteiger partial charge in [0.25, 0.3) is 0 Å². The lowest BCUT2D eigenvalue weighted by Gasteiger charge is -2.15. The molecule has 2 nitrogen and oxygen atoms in total. The lowest BCUT2D eigenvalue weighted by atomic mass is 9.95. The minimum atomic E-state index is -4.79. The van der Waals surface area contributed by atoms with E-state index in [2.05, 4.69) is 4.74 Å². The zero-order valence-electron chi connectivity index (χ0n) is 10.3. The third kappa shape index (κ3) is 4.05. The minimum Gasteiger partial charge on any atom is -0.405 e. The van der Waals surface area contributed by atoms with Gasteiger partial charge in [-0.25, -0.2) is 0 Å². The quantitative estimate of drug-likeness (QED) is 0.741. The number of hydrogen-bond donors (Lipinski definition) is 0. The largest absolute Gasteiger partial charge is 0.573 e. The fourth-order valence-corrected chi connectivity index (χ4v) is 1.71. The first-order valence-electron chi connectivity index (χ1n) is 5.74. The van der Waals surface area contributed by atoms with Gasteiger partial charge in [0.1, 0.15) is 5.75 Å². The van der Waals surface area contributed by atoms with Crippen LogP contribution in [0.3, 0.4) is 0 Å². The summed E-state index contributed by atoms with van der Waals surface area (Å²) < 4.78 is 40.5. The average molecular weight is 260 g/mol. The third-order valence-electron chi connectivity index (χ3n) is 2.55. The summed E-state index contributed by atoms with van der Waals surface area (Å²) in [5.74, 6) is -1.07. The van der Waals surface area contributed by atoms with Gasteiger partial charge in [-0.2, -0.15) is 0 Å². The van der Waals surface area contributed by atoms with E-state index in [0.717, 1.165) is 12.5 Å². The van der Waals surface area contributed by atoms with E-state index in [1.54, 1.807) is 6.92 Å². The molecule has 0 aromatic heterocycles. The van der Waals surface area contributed by atoms with Crippen molar-refractivity contribution in [3.8, 4) is 5.75 Å². The van der Waals surface area contributed by atoms with Crippen molar-refractivity contribution in [1.29, 1.82) is 0 Å². The summed E-state index contributed by atoms with van der Waals surface area (Å²) in [6.07, 6.45) is -3.35. The van der Waals surface area contributed by atoms with Crippen molar-refractivity contribution in [3.63, 3.8) is 0 Å². The summed E-state index contributed by atoms with van der Waals surface area (Å²) in [5.41, 5.74) is -0.0178. The molecule has 1 aromatic carbocycles. The van der Waals surface area contributed by atoms with Crippen LogP contribution in [0.15, 0.2) is 24.3 Å². The van der Waals surface area contributed by atoms with Crippen molar-refractivity contribution in [2.24, 2.45) is 5.92 Å². The Morgan fingerprint density at radius 3 is 2.50 bits per heavy atom. The number of halogens is 3. The summed E-state index contributed by atoms with van der Waals surface area (Å²) in [4.78, 5) is 12.0. The Morgan fingerprint density at radius 1 is 1.33 bits per heavy atom. The Bertz CT molecular complexity index is 413. The SMILES string of the molecule is CCCC(C)C(=O)c1ccccc1OC(F)(F)F. The van der Waals surface area contributed by atoms with Crippen molar-refractivity contribution < 1.29 is 22.7 Å². The highest BCUT2D eigenvalue weighted by atomic mass is 19.4. The zero-order valence-corrected chi connectivity index (χ0v) is 10.3. The maximum absolute atomic E-state index is 12.2. The van der Waals surface area contributed by atoms with Crippen molar-refractivity contribution >= 4 is 5.78 Å². The summed E-state index contributed by atoms with van der Waals surface area (Å²) in [6.45, 7) is 3.62. The molecule has 0 aliphatic carbocycles. The molecule has 0 spiro atoms. The van der Waals surface area contributed by atoms with Crippen LogP contribution >= 0.6 is 0 Å². The molecule has 1 atom stereocenters. The Labute approximate surface area is 104 Å². The number of Topliss-reactive ketones (excluding diaryl/α,β-unsaturated/α-hetero) is 1. The van der Waals surface area contributed by atoms with E-state index in [1.807, 2.05) is 6.92 Å². The summed E-state index contributed by atoms with van der Waals surface area (Å²) in [6, 6.07) is 5.44. The molecular formula is C13H15F3O2. The Morgan fingerprint density at radius 2 is 1.94 bits per heavy atom. The maximum Gasteiger partial charge on any atom is 0.573 e. The van der Waals surface area contributed by atoms with E-state index in [9.17, 15) is 18.0 Å². The molecule has 0 saturated carbocycles. The Balaban J connectivity index is 2.98. The normalized spacial score (nSPS) is 13.2. The molecule has 1 aromatic rings. The standard InChI is InChI=1S/C13H15F3O2/c1-3-6-9(2)12(17)10-7-4-5-8-11(10)18-13(14,15)16/h4-5,7-9H,3,6H2,1-2H3. The van der Waals surface area contributed by atoms with Crippen LogP contribution in [0.5, 0.6) is 5.75 Å². The number of para-hydroxylation sites is 1. The zero-order chi connectivity index (χ0) is 13.8. The van der Waals surface area contributed by atoms with Crippen LogP contribution < -0.4 is 4.74 Å². The van der Waals surface area contributed by atoms with Gasteiger partial charge in [-0.3, -0.25) is 4.79 Å². The van der Waals surface area contributed by atoms with Crippen LogP contribution in [0.1, 0.15) is 37.0 Å². The fourth-order valence-electron chi connectivity index (χ4n) is 1.71. The average Bonchev–Trinajstić information content (AvgIpc) is 2.27. The molecule has 0 fully saturated rings. The summed E-state index contributed by atoms with van der Waals surface area (Å²) >= 11 is 0. The molecule has 0 saturated heterocycles. The number of ketones is 1. The van der Waals surface area contributed by atoms with E-state index >= 15 is 0 Å². The van der Waals surface area contributed by atoms with Gasteiger partial charge in [-0.15, -0.1) is 13.2 Å². The monoisotopic (exact) mass is 260 g/mol. The highest BCUT2D eigenvalue weighted by Gasteiger charge is 2.33. The van der Waals surface area contributed by atoms with Crippen LogP contribution in [0, 0.1) is 5.92 Å². The number of rotatable bonds is 5. The third-order valence-corrected chi connectivity index (χ3v) is 2.55. The second-order valence-corrected chi connectivity index (χ2v) is 4.10. The highest BCUT2D eigenvalue weighted by Crippen LogP contribution is 2.28. The number of carbonyl (C=O) groups excluding carboxylic acids is 1. The predicted molar refractivity (Wildman–Crippen MR) is 61.5 cm³/mol. The fraction of sp³-hybridized carbons (Fsp3) is 0.462. The van der Waals surface area contributed by atoms with Gasteiger partial charge in [0.15, 0.2) is 5.78 Å². The number of alkyl halides is 3. The summed E-state index contributed by atoms with van der Waals surface area (Å²) in [5, 5.41) is 0. The lowest BCUT2D eigenvalue weighted by Crippen LogP contribution is -2.20. The maximum atomic E-state index is 12.2. The van der Waals surface area contributed by atoms with Crippen molar-refractivity contribution in [2.45, 2.75) is 33.1 Å². The topological polar surface area (TPSA) is 26.3 Å². The van der Waals surface area contributed by atoms with Crippen LogP contribution in [-0.2, 0) is 0 Å². The smallest absolute Gasteiger partial charge is 0.405 e. The Kier molecular flexibility index (Phi) is 4.76. The number of benzene rings is 1. The second-order valence-electron chi connectivity index (χ2n) is 4.10. The molecule has 5 heteroatoms. The molecule has 0 amide bonds. The molecule has 0 radical (unpaired) electrons. The molecule has 0 aliphatic rings. The number of hydrogen-bond acceptors (Lipinski definition) is 2. The van der Waals surface area contributed by atoms with Crippen LogP contribution in [-0.4, -0.2) is 12.1 Å². The minimum absolute atomic E-state index is 0.0178. The van der Waals surface area contributed by atoms with E-state index in [0.29, 0.717) is 6.42 Å². The van der Waals surface area contributed by atoms with Gasteiger partial charge in [-0.1, -0.05) is 32.4 Å². The van der Waals surface area contributed by atoms with Gasteiger partial charge in [-0.05, 0) is 18.6 Å². The van der Waals surface area contributed by atoms with E-state index in [1.165, 1.54) is 18.2 Å². The van der Waals surface area contributed by atoms with E-state index in [4.69, 9.17) is 0 Å². The molecule has 1 rings (SSSR count). The first kappa shape index (κ1) is 14.5. The Hall–Kier alpha value is -1.52. The van der Waals surface area contributed by atoms with E-state index < -0.39 is 12.1 Å². The molecule has 0 N–H and O–H groups in total. The van der Waals surface area contributed by atoms with Crippen molar-refractivity contribution in [3.05, 3.63) is 29.8 Å².